The third-order valence-electron chi connectivity index (χ3n) is 4.88. The highest BCUT2D eigenvalue weighted by atomic mass is 16.3. The van der Waals surface area contributed by atoms with Crippen LogP contribution in [0.3, 0.4) is 0 Å². The highest BCUT2D eigenvalue weighted by Crippen LogP contribution is 2.30. The van der Waals surface area contributed by atoms with E-state index in [9.17, 15) is 15.0 Å². The summed E-state index contributed by atoms with van der Waals surface area (Å²) in [5.41, 5.74) is 3.05. The third kappa shape index (κ3) is 4.40. The van der Waals surface area contributed by atoms with E-state index < -0.39 is 0 Å². The molecule has 1 aliphatic heterocycles. The first-order valence-electron chi connectivity index (χ1n) is 8.93. The molecule has 4 heteroatoms. The van der Waals surface area contributed by atoms with Gasteiger partial charge in [-0.2, -0.15) is 0 Å². The van der Waals surface area contributed by atoms with Crippen LogP contribution in [0.5, 0.6) is 11.5 Å². The molecular formula is C21H25NO3. The number of ketones is 1. The van der Waals surface area contributed by atoms with Crippen molar-refractivity contribution < 1.29 is 15.0 Å². The predicted molar refractivity (Wildman–Crippen MR) is 99.2 cm³/mol. The number of nitrogens with one attached hydrogen (secondary N) is 1. The van der Waals surface area contributed by atoms with Gasteiger partial charge in [0.1, 0.15) is 11.5 Å². The number of piperidine rings is 1. The van der Waals surface area contributed by atoms with Gasteiger partial charge in [0.2, 0.25) is 0 Å². The monoisotopic (exact) mass is 339 g/mol. The Balaban J connectivity index is 1.81. The van der Waals surface area contributed by atoms with Crippen LogP contribution in [0.1, 0.15) is 48.5 Å². The fraction of sp³-hybridized carbons (Fsp3) is 0.381. The highest BCUT2D eigenvalue weighted by molar-refractivity contribution is 5.98. The van der Waals surface area contributed by atoms with E-state index in [-0.39, 0.29) is 17.3 Å². The molecule has 25 heavy (non-hydrogen) atoms. The van der Waals surface area contributed by atoms with Gasteiger partial charge in [-0.05, 0) is 80.1 Å². The normalized spacial score (nSPS) is 17.4. The summed E-state index contributed by atoms with van der Waals surface area (Å²) >= 11 is 0. The van der Waals surface area contributed by atoms with Crippen LogP contribution in [0.2, 0.25) is 0 Å². The maximum atomic E-state index is 11.6. The highest BCUT2D eigenvalue weighted by Gasteiger charge is 2.13. The van der Waals surface area contributed by atoms with Crippen molar-refractivity contribution in [1.29, 1.82) is 0 Å². The number of rotatable bonds is 5. The lowest BCUT2D eigenvalue weighted by Gasteiger charge is -2.23. The molecule has 1 aliphatic rings. The Labute approximate surface area is 148 Å². The number of aryl methyl sites for hydroxylation is 1. The molecule has 1 atom stereocenters. The van der Waals surface area contributed by atoms with E-state index in [4.69, 9.17) is 0 Å². The first-order valence-corrected chi connectivity index (χ1v) is 8.93. The van der Waals surface area contributed by atoms with Gasteiger partial charge < -0.3 is 15.5 Å². The van der Waals surface area contributed by atoms with Crippen LogP contribution in [0.15, 0.2) is 36.4 Å². The third-order valence-corrected chi connectivity index (χ3v) is 4.88. The number of Topliss-reactive ketones (excluding diaryl/α,β-unsaturated/α-hetero) is 1. The maximum Gasteiger partial charge on any atom is 0.163 e. The number of hydrogen-bond acceptors (Lipinski definition) is 4. The Morgan fingerprint density at radius 3 is 2.68 bits per heavy atom. The Morgan fingerprint density at radius 1 is 1.12 bits per heavy atom. The number of benzene rings is 2. The summed E-state index contributed by atoms with van der Waals surface area (Å²) in [5, 5.41) is 23.5. The van der Waals surface area contributed by atoms with Gasteiger partial charge in [-0.25, -0.2) is 0 Å². The molecule has 0 unspecified atom stereocenters. The summed E-state index contributed by atoms with van der Waals surface area (Å²) in [6, 6.07) is 11.1. The van der Waals surface area contributed by atoms with Crippen molar-refractivity contribution >= 4 is 5.78 Å². The lowest BCUT2D eigenvalue weighted by molar-refractivity contribution is 0.101. The summed E-state index contributed by atoms with van der Waals surface area (Å²) in [6.07, 6.45) is 5.70. The minimum atomic E-state index is -0.178. The van der Waals surface area contributed by atoms with Gasteiger partial charge in [-0.1, -0.05) is 18.6 Å². The second-order valence-corrected chi connectivity index (χ2v) is 6.86. The van der Waals surface area contributed by atoms with E-state index in [0.29, 0.717) is 11.6 Å². The van der Waals surface area contributed by atoms with Crippen LogP contribution >= 0.6 is 0 Å². The van der Waals surface area contributed by atoms with Crippen molar-refractivity contribution in [3.8, 4) is 22.6 Å². The molecule has 3 N–H and O–H groups in total. The molecule has 0 aliphatic carbocycles. The van der Waals surface area contributed by atoms with Gasteiger partial charge in [0, 0.05) is 6.04 Å². The first-order chi connectivity index (χ1) is 12.0. The average molecular weight is 339 g/mol. The summed E-state index contributed by atoms with van der Waals surface area (Å²) in [7, 11) is 0. The first kappa shape index (κ1) is 17.5. The average Bonchev–Trinajstić information content (AvgIpc) is 2.60. The maximum absolute atomic E-state index is 11.6. The van der Waals surface area contributed by atoms with Gasteiger partial charge in [-0.15, -0.1) is 0 Å². The summed E-state index contributed by atoms with van der Waals surface area (Å²) in [5.74, 6) is 0.0321. The standard InChI is InChI=1S/C21H25NO3/c1-14(23)20-13-16(6-8-21(20)25)17-10-15(11-19(24)12-17)5-7-18-4-2-3-9-22-18/h6,8,10-13,18,22,24-25H,2-5,7,9H2,1H3/t18-/m0/s1. The van der Waals surface area contributed by atoms with Crippen LogP contribution < -0.4 is 5.32 Å². The lowest BCUT2D eigenvalue weighted by Crippen LogP contribution is -2.34. The van der Waals surface area contributed by atoms with Gasteiger partial charge in [0.05, 0.1) is 5.56 Å². The predicted octanol–water partition coefficient (Wildman–Crippen LogP) is 4.04. The molecule has 0 bridgehead atoms. The van der Waals surface area contributed by atoms with Crippen molar-refractivity contribution in [1.82, 2.24) is 5.32 Å². The molecule has 2 aromatic carbocycles. The van der Waals surface area contributed by atoms with Crippen LogP contribution in [-0.4, -0.2) is 28.6 Å². The number of carbonyl (C=O) groups excluding carboxylic acids is 1. The van der Waals surface area contributed by atoms with Crippen molar-refractivity contribution in [2.45, 2.75) is 45.1 Å². The molecule has 1 fully saturated rings. The summed E-state index contributed by atoms with van der Waals surface area (Å²) < 4.78 is 0. The van der Waals surface area contributed by atoms with Crippen LogP contribution in [-0.2, 0) is 6.42 Å². The number of hydrogen-bond donors (Lipinski definition) is 3. The largest absolute Gasteiger partial charge is 0.508 e. The number of phenolic OH excluding ortho intramolecular Hbond substituents is 2. The number of phenols is 2. The van der Waals surface area contributed by atoms with E-state index in [1.165, 1.54) is 32.3 Å². The number of aromatic hydroxyl groups is 2. The zero-order valence-electron chi connectivity index (χ0n) is 14.6. The van der Waals surface area contributed by atoms with Crippen LogP contribution in [0.25, 0.3) is 11.1 Å². The number of carbonyl (C=O) groups is 1. The fourth-order valence-corrected chi connectivity index (χ4v) is 3.49. The fourth-order valence-electron chi connectivity index (χ4n) is 3.49. The Bertz CT molecular complexity index is 764. The van der Waals surface area contributed by atoms with E-state index in [0.717, 1.165) is 36.1 Å². The van der Waals surface area contributed by atoms with Crippen LogP contribution in [0, 0.1) is 0 Å². The molecule has 1 heterocycles. The molecule has 0 aromatic heterocycles. The SMILES string of the molecule is CC(=O)c1cc(-c2cc(O)cc(CC[C@@H]3CCCCN3)c2)ccc1O. The van der Waals surface area contributed by atoms with E-state index in [1.807, 2.05) is 0 Å². The molecule has 0 spiro atoms. The molecule has 0 amide bonds. The van der Waals surface area contributed by atoms with Gasteiger partial charge in [-0.3, -0.25) is 4.79 Å². The minimum absolute atomic E-state index is 0.0139. The van der Waals surface area contributed by atoms with E-state index >= 15 is 0 Å². The van der Waals surface area contributed by atoms with Crippen LogP contribution in [0.4, 0.5) is 0 Å². The van der Waals surface area contributed by atoms with E-state index in [2.05, 4.69) is 11.4 Å². The van der Waals surface area contributed by atoms with Gasteiger partial charge in [0.15, 0.2) is 5.78 Å². The molecule has 132 valence electrons. The molecule has 0 saturated carbocycles. The minimum Gasteiger partial charge on any atom is -0.508 e. The van der Waals surface area contributed by atoms with Crippen molar-refractivity contribution in [2.75, 3.05) is 6.54 Å². The van der Waals surface area contributed by atoms with Gasteiger partial charge >= 0.3 is 0 Å². The molecule has 3 rings (SSSR count). The molecule has 4 nitrogen and oxygen atoms in total. The zero-order valence-corrected chi connectivity index (χ0v) is 14.6. The lowest BCUT2D eigenvalue weighted by atomic mass is 9.95. The molecule has 0 radical (unpaired) electrons. The van der Waals surface area contributed by atoms with Crippen molar-refractivity contribution in [3.05, 3.63) is 47.5 Å². The summed E-state index contributed by atoms with van der Waals surface area (Å²) in [4.78, 5) is 11.6. The Kier molecular flexibility index (Phi) is 5.39. The Hall–Kier alpha value is -2.33. The second-order valence-electron chi connectivity index (χ2n) is 6.86. The van der Waals surface area contributed by atoms with Crippen molar-refractivity contribution in [2.24, 2.45) is 0 Å². The molecule has 1 saturated heterocycles. The molecular weight excluding hydrogens is 314 g/mol. The Morgan fingerprint density at radius 2 is 1.96 bits per heavy atom. The van der Waals surface area contributed by atoms with Crippen molar-refractivity contribution in [3.63, 3.8) is 0 Å². The van der Waals surface area contributed by atoms with Gasteiger partial charge in [0.25, 0.3) is 0 Å². The van der Waals surface area contributed by atoms with E-state index in [1.54, 1.807) is 24.3 Å². The smallest absolute Gasteiger partial charge is 0.163 e. The second kappa shape index (κ2) is 7.70. The topological polar surface area (TPSA) is 69.6 Å². The quantitative estimate of drug-likeness (QED) is 0.719. The zero-order chi connectivity index (χ0) is 17.8. The summed E-state index contributed by atoms with van der Waals surface area (Å²) in [6.45, 7) is 2.53. The molecule has 2 aromatic rings.